The number of carbonyl (C=O) groups excluding carboxylic acids is 1. The standard InChI is InChI=1S/C12H15ClFNO2/c1-12(2,3)17-11(16)15(4)8-5-6-9(13)10(14)7-8/h5-7H,1-4H3. The zero-order chi connectivity index (χ0) is 13.2. The fourth-order valence-electron chi connectivity index (χ4n) is 1.13. The smallest absolute Gasteiger partial charge is 0.414 e. The zero-order valence-corrected chi connectivity index (χ0v) is 11.0. The molecule has 0 radical (unpaired) electrons. The molecule has 3 nitrogen and oxygen atoms in total. The lowest BCUT2D eigenvalue weighted by atomic mass is 10.2. The summed E-state index contributed by atoms with van der Waals surface area (Å²) in [6, 6.07) is 4.13. The highest BCUT2D eigenvalue weighted by Crippen LogP contribution is 2.22. The van der Waals surface area contributed by atoms with E-state index in [1.807, 2.05) is 0 Å². The number of hydrogen-bond acceptors (Lipinski definition) is 2. The van der Waals surface area contributed by atoms with Crippen LogP contribution in [-0.4, -0.2) is 18.7 Å². The predicted molar refractivity (Wildman–Crippen MR) is 66.0 cm³/mol. The van der Waals surface area contributed by atoms with Crippen LogP contribution in [0.5, 0.6) is 0 Å². The Morgan fingerprint density at radius 1 is 1.41 bits per heavy atom. The van der Waals surface area contributed by atoms with Crippen LogP contribution in [-0.2, 0) is 4.74 Å². The highest BCUT2D eigenvalue weighted by Gasteiger charge is 2.20. The van der Waals surface area contributed by atoms with Crippen molar-refractivity contribution in [1.29, 1.82) is 0 Å². The number of benzene rings is 1. The number of halogens is 2. The van der Waals surface area contributed by atoms with Gasteiger partial charge in [-0.05, 0) is 39.0 Å². The van der Waals surface area contributed by atoms with E-state index in [1.165, 1.54) is 24.1 Å². The third kappa shape index (κ3) is 3.89. The fourth-order valence-corrected chi connectivity index (χ4v) is 1.25. The summed E-state index contributed by atoms with van der Waals surface area (Å²) in [5, 5.41) is 0.0198. The van der Waals surface area contributed by atoms with E-state index in [0.29, 0.717) is 5.69 Å². The van der Waals surface area contributed by atoms with Gasteiger partial charge in [0.25, 0.3) is 0 Å². The maximum absolute atomic E-state index is 13.2. The second-order valence-corrected chi connectivity index (χ2v) is 5.04. The van der Waals surface area contributed by atoms with Crippen LogP contribution in [0, 0.1) is 5.82 Å². The lowest BCUT2D eigenvalue weighted by molar-refractivity contribution is 0.0589. The summed E-state index contributed by atoms with van der Waals surface area (Å²) in [6.45, 7) is 5.30. The maximum Gasteiger partial charge on any atom is 0.414 e. The lowest BCUT2D eigenvalue weighted by Gasteiger charge is -2.24. The molecule has 0 aromatic heterocycles. The molecular weight excluding hydrogens is 245 g/mol. The third-order valence-corrected chi connectivity index (χ3v) is 2.26. The van der Waals surface area contributed by atoms with Crippen LogP contribution < -0.4 is 4.90 Å². The quantitative estimate of drug-likeness (QED) is 0.767. The van der Waals surface area contributed by atoms with Crippen molar-refractivity contribution in [1.82, 2.24) is 0 Å². The molecule has 1 amide bonds. The van der Waals surface area contributed by atoms with Gasteiger partial charge in [0, 0.05) is 12.7 Å². The molecule has 1 aromatic carbocycles. The Kier molecular flexibility index (Phi) is 3.98. The van der Waals surface area contributed by atoms with Crippen LogP contribution >= 0.6 is 11.6 Å². The molecule has 0 saturated carbocycles. The largest absolute Gasteiger partial charge is 0.443 e. The number of anilines is 1. The van der Waals surface area contributed by atoms with Gasteiger partial charge in [-0.15, -0.1) is 0 Å². The molecule has 0 heterocycles. The second-order valence-electron chi connectivity index (χ2n) is 4.64. The zero-order valence-electron chi connectivity index (χ0n) is 10.3. The Morgan fingerprint density at radius 3 is 2.47 bits per heavy atom. The summed E-state index contributed by atoms with van der Waals surface area (Å²) in [4.78, 5) is 12.9. The Hall–Kier alpha value is -1.29. The minimum absolute atomic E-state index is 0.0198. The molecule has 0 aliphatic carbocycles. The molecule has 5 heteroatoms. The molecule has 0 N–H and O–H groups in total. The Bertz CT molecular complexity index is 429. The van der Waals surface area contributed by atoms with Gasteiger partial charge in [0.1, 0.15) is 11.4 Å². The second kappa shape index (κ2) is 4.92. The van der Waals surface area contributed by atoms with Crippen LogP contribution in [0.25, 0.3) is 0 Å². The average molecular weight is 260 g/mol. The number of rotatable bonds is 1. The van der Waals surface area contributed by atoms with E-state index >= 15 is 0 Å². The molecule has 0 atom stereocenters. The minimum atomic E-state index is -0.587. The van der Waals surface area contributed by atoms with Gasteiger partial charge in [-0.25, -0.2) is 9.18 Å². The molecule has 94 valence electrons. The van der Waals surface area contributed by atoms with Gasteiger partial charge in [0.2, 0.25) is 0 Å². The first-order valence-electron chi connectivity index (χ1n) is 5.12. The van der Waals surface area contributed by atoms with E-state index in [1.54, 1.807) is 26.8 Å². The molecular formula is C12H15ClFNO2. The summed E-state index contributed by atoms with van der Waals surface area (Å²) < 4.78 is 18.4. The molecule has 0 aliphatic rings. The van der Waals surface area contributed by atoms with Crippen LogP contribution in [0.2, 0.25) is 5.02 Å². The van der Waals surface area contributed by atoms with E-state index in [4.69, 9.17) is 16.3 Å². The molecule has 1 rings (SSSR count). The first kappa shape index (κ1) is 13.8. The van der Waals surface area contributed by atoms with Crippen molar-refractivity contribution < 1.29 is 13.9 Å². The molecule has 0 aliphatic heterocycles. The number of nitrogens with zero attached hydrogens (tertiary/aromatic N) is 1. The van der Waals surface area contributed by atoms with E-state index in [0.717, 1.165) is 0 Å². The van der Waals surface area contributed by atoms with Gasteiger partial charge in [0.15, 0.2) is 0 Å². The fraction of sp³-hybridized carbons (Fsp3) is 0.417. The SMILES string of the molecule is CN(C(=O)OC(C)(C)C)c1ccc(Cl)c(F)c1. The summed E-state index contributed by atoms with van der Waals surface area (Å²) >= 11 is 5.56. The van der Waals surface area contributed by atoms with Crippen LogP contribution in [0.1, 0.15) is 20.8 Å². The Morgan fingerprint density at radius 2 is 2.00 bits per heavy atom. The molecule has 0 spiro atoms. The van der Waals surface area contributed by atoms with Gasteiger partial charge in [0.05, 0.1) is 5.02 Å². The minimum Gasteiger partial charge on any atom is -0.443 e. The van der Waals surface area contributed by atoms with Crippen molar-refractivity contribution in [2.75, 3.05) is 11.9 Å². The van der Waals surface area contributed by atoms with E-state index in [-0.39, 0.29) is 5.02 Å². The predicted octanol–water partition coefficient (Wildman–Crippen LogP) is 3.85. The number of ether oxygens (including phenoxy) is 1. The Balaban J connectivity index is 2.85. The van der Waals surface area contributed by atoms with Gasteiger partial charge in [-0.3, -0.25) is 4.90 Å². The number of hydrogen-bond donors (Lipinski definition) is 0. The van der Waals surface area contributed by atoms with E-state index in [2.05, 4.69) is 0 Å². The summed E-state index contributed by atoms with van der Waals surface area (Å²) in [5.74, 6) is -0.570. The number of carbonyl (C=O) groups is 1. The summed E-state index contributed by atoms with van der Waals surface area (Å²) in [7, 11) is 1.51. The molecule has 17 heavy (non-hydrogen) atoms. The van der Waals surface area contributed by atoms with Crippen molar-refractivity contribution in [3.8, 4) is 0 Å². The molecule has 0 saturated heterocycles. The van der Waals surface area contributed by atoms with Gasteiger partial charge < -0.3 is 4.74 Å². The Labute approximate surface area is 105 Å². The average Bonchev–Trinajstić information content (AvgIpc) is 2.18. The van der Waals surface area contributed by atoms with Crippen LogP contribution in [0.15, 0.2) is 18.2 Å². The van der Waals surface area contributed by atoms with Crippen molar-refractivity contribution in [2.45, 2.75) is 26.4 Å². The summed E-state index contributed by atoms with van der Waals surface area (Å²) in [5.41, 5.74) is -0.197. The molecule has 0 bridgehead atoms. The maximum atomic E-state index is 13.2. The monoisotopic (exact) mass is 259 g/mol. The molecule has 1 aromatic rings. The normalized spacial score (nSPS) is 11.2. The molecule has 0 fully saturated rings. The first-order valence-corrected chi connectivity index (χ1v) is 5.50. The van der Waals surface area contributed by atoms with E-state index in [9.17, 15) is 9.18 Å². The van der Waals surface area contributed by atoms with Crippen molar-refractivity contribution in [3.63, 3.8) is 0 Å². The van der Waals surface area contributed by atoms with Crippen LogP contribution in [0.3, 0.4) is 0 Å². The third-order valence-electron chi connectivity index (χ3n) is 1.96. The highest BCUT2D eigenvalue weighted by atomic mass is 35.5. The van der Waals surface area contributed by atoms with Gasteiger partial charge in [-0.1, -0.05) is 11.6 Å². The first-order chi connectivity index (χ1) is 7.70. The lowest BCUT2D eigenvalue weighted by Crippen LogP contribution is -2.34. The number of amides is 1. The van der Waals surface area contributed by atoms with E-state index < -0.39 is 17.5 Å². The van der Waals surface area contributed by atoms with Crippen molar-refractivity contribution in [3.05, 3.63) is 29.0 Å². The molecule has 0 unspecified atom stereocenters. The van der Waals surface area contributed by atoms with Crippen molar-refractivity contribution in [2.24, 2.45) is 0 Å². The van der Waals surface area contributed by atoms with Gasteiger partial charge in [-0.2, -0.15) is 0 Å². The van der Waals surface area contributed by atoms with Crippen molar-refractivity contribution >= 4 is 23.4 Å². The highest BCUT2D eigenvalue weighted by molar-refractivity contribution is 6.30. The van der Waals surface area contributed by atoms with Crippen LogP contribution in [0.4, 0.5) is 14.9 Å². The summed E-state index contributed by atoms with van der Waals surface area (Å²) in [6.07, 6.45) is -0.542. The topological polar surface area (TPSA) is 29.5 Å². The van der Waals surface area contributed by atoms with Gasteiger partial charge >= 0.3 is 6.09 Å².